The summed E-state index contributed by atoms with van der Waals surface area (Å²) in [7, 11) is 0. The SMILES string of the molecule is O=C1Nc2nccc(I)c2[C@H]2CC12. The zero-order valence-electron chi connectivity index (χ0n) is 6.75. The molecule has 1 aliphatic carbocycles. The first kappa shape index (κ1) is 7.73. The van der Waals surface area contributed by atoms with Crippen molar-refractivity contribution in [2.24, 2.45) is 5.92 Å². The Morgan fingerprint density at radius 2 is 2.38 bits per heavy atom. The molecule has 3 nitrogen and oxygen atoms in total. The van der Waals surface area contributed by atoms with Gasteiger partial charge in [0.05, 0.1) is 0 Å². The van der Waals surface area contributed by atoms with Gasteiger partial charge in [-0.15, -0.1) is 0 Å². The number of aromatic nitrogens is 1. The predicted octanol–water partition coefficient (Wildman–Crippen LogP) is 1.74. The number of carbonyl (C=O) groups is 1. The second-order valence-corrected chi connectivity index (χ2v) is 4.66. The number of nitrogens with zero attached hydrogens (tertiary/aromatic N) is 1. The van der Waals surface area contributed by atoms with Crippen LogP contribution in [0.15, 0.2) is 12.3 Å². The molecule has 1 saturated carbocycles. The summed E-state index contributed by atoms with van der Waals surface area (Å²) < 4.78 is 1.22. The second kappa shape index (κ2) is 2.43. The van der Waals surface area contributed by atoms with Crippen molar-refractivity contribution >= 4 is 34.3 Å². The van der Waals surface area contributed by atoms with Gasteiger partial charge in [0.15, 0.2) is 0 Å². The van der Waals surface area contributed by atoms with E-state index >= 15 is 0 Å². The molecule has 2 atom stereocenters. The van der Waals surface area contributed by atoms with Crippen LogP contribution in [0.3, 0.4) is 0 Å². The number of halogens is 1. The molecular weight excluding hydrogens is 279 g/mol. The number of hydrogen-bond acceptors (Lipinski definition) is 2. The molecule has 2 heterocycles. The highest BCUT2D eigenvalue weighted by molar-refractivity contribution is 14.1. The Morgan fingerprint density at radius 1 is 1.54 bits per heavy atom. The maximum atomic E-state index is 11.4. The van der Waals surface area contributed by atoms with Gasteiger partial charge < -0.3 is 5.32 Å². The van der Waals surface area contributed by atoms with Crippen LogP contribution in [0.4, 0.5) is 5.82 Å². The van der Waals surface area contributed by atoms with Crippen LogP contribution in [0.2, 0.25) is 0 Å². The number of pyridine rings is 1. The summed E-state index contributed by atoms with van der Waals surface area (Å²) in [6.07, 6.45) is 2.74. The average molecular weight is 286 g/mol. The maximum Gasteiger partial charge on any atom is 0.229 e. The van der Waals surface area contributed by atoms with E-state index in [1.807, 2.05) is 6.07 Å². The Labute approximate surface area is 89.1 Å². The third-order valence-corrected chi connectivity index (χ3v) is 3.62. The molecule has 13 heavy (non-hydrogen) atoms. The summed E-state index contributed by atoms with van der Waals surface area (Å²) in [6.45, 7) is 0. The Morgan fingerprint density at radius 3 is 3.23 bits per heavy atom. The molecular formula is C9H7IN2O. The average Bonchev–Trinajstić information content (AvgIpc) is 2.83. The van der Waals surface area contributed by atoms with Crippen molar-refractivity contribution in [3.63, 3.8) is 0 Å². The quantitative estimate of drug-likeness (QED) is 0.738. The minimum Gasteiger partial charge on any atom is -0.310 e. The molecule has 0 aromatic carbocycles. The lowest BCUT2D eigenvalue weighted by Crippen LogP contribution is -2.21. The van der Waals surface area contributed by atoms with Crippen molar-refractivity contribution in [3.8, 4) is 0 Å². The molecule has 0 bridgehead atoms. The Hall–Kier alpha value is -0.650. The number of anilines is 1. The summed E-state index contributed by atoms with van der Waals surface area (Å²) in [5.74, 6) is 1.59. The fourth-order valence-corrected chi connectivity index (χ4v) is 2.73. The normalized spacial score (nSPS) is 28.8. The number of carbonyl (C=O) groups excluding carboxylic acids is 1. The van der Waals surface area contributed by atoms with E-state index in [0.717, 1.165) is 12.2 Å². The standard InChI is InChI=1S/C9H7IN2O/c10-6-1-2-11-8-7(6)4-3-5(4)9(13)12-8/h1-2,4-5H,3H2,(H,11,12,13)/t4-,5?/m0/s1. The first-order chi connectivity index (χ1) is 6.27. The van der Waals surface area contributed by atoms with E-state index in [2.05, 4.69) is 32.9 Å². The van der Waals surface area contributed by atoms with Crippen LogP contribution in [-0.2, 0) is 4.79 Å². The molecule has 0 spiro atoms. The lowest BCUT2D eigenvalue weighted by atomic mass is 10.1. The molecule has 1 aliphatic heterocycles. The van der Waals surface area contributed by atoms with Crippen molar-refractivity contribution in [1.29, 1.82) is 0 Å². The molecule has 1 unspecified atom stereocenters. The van der Waals surface area contributed by atoms with Gasteiger partial charge in [-0.1, -0.05) is 0 Å². The van der Waals surface area contributed by atoms with Crippen molar-refractivity contribution in [3.05, 3.63) is 21.4 Å². The first-order valence-electron chi connectivity index (χ1n) is 4.22. The van der Waals surface area contributed by atoms with E-state index in [1.165, 1.54) is 9.13 Å². The summed E-state index contributed by atoms with van der Waals surface area (Å²) >= 11 is 2.30. The molecule has 1 N–H and O–H groups in total. The smallest absolute Gasteiger partial charge is 0.229 e. The second-order valence-electron chi connectivity index (χ2n) is 3.49. The van der Waals surface area contributed by atoms with Crippen LogP contribution < -0.4 is 5.32 Å². The number of hydrogen-bond donors (Lipinski definition) is 1. The summed E-state index contributed by atoms with van der Waals surface area (Å²) in [5.41, 5.74) is 1.24. The van der Waals surface area contributed by atoms with Crippen LogP contribution in [0.25, 0.3) is 0 Å². The molecule has 66 valence electrons. The molecule has 0 radical (unpaired) electrons. The number of fused-ring (bicyclic) bond motifs is 3. The molecule has 2 aliphatic rings. The Kier molecular flexibility index (Phi) is 1.45. The zero-order valence-corrected chi connectivity index (χ0v) is 8.91. The van der Waals surface area contributed by atoms with Gasteiger partial charge in [0.2, 0.25) is 5.91 Å². The van der Waals surface area contributed by atoms with Crippen LogP contribution in [0.5, 0.6) is 0 Å². The third-order valence-electron chi connectivity index (χ3n) is 2.68. The molecule has 4 heteroatoms. The van der Waals surface area contributed by atoms with Crippen molar-refractivity contribution < 1.29 is 4.79 Å². The summed E-state index contributed by atoms with van der Waals surface area (Å²) in [6, 6.07) is 1.99. The van der Waals surface area contributed by atoms with Crippen molar-refractivity contribution in [1.82, 2.24) is 4.98 Å². The van der Waals surface area contributed by atoms with Crippen LogP contribution in [-0.4, -0.2) is 10.9 Å². The van der Waals surface area contributed by atoms with Gasteiger partial charge in [-0.05, 0) is 35.1 Å². The van der Waals surface area contributed by atoms with E-state index < -0.39 is 0 Å². The van der Waals surface area contributed by atoms with E-state index in [0.29, 0.717) is 5.92 Å². The Balaban J connectivity index is 2.20. The number of rotatable bonds is 0. The summed E-state index contributed by atoms with van der Waals surface area (Å²) in [4.78, 5) is 15.5. The lowest BCUT2D eigenvalue weighted by Gasteiger charge is -2.15. The molecule has 3 rings (SSSR count). The molecule has 1 aromatic heterocycles. The Bertz CT molecular complexity index is 405. The largest absolute Gasteiger partial charge is 0.310 e. The third kappa shape index (κ3) is 1.01. The molecule has 1 aromatic rings. The van der Waals surface area contributed by atoms with Gasteiger partial charge in [0.25, 0.3) is 0 Å². The van der Waals surface area contributed by atoms with Gasteiger partial charge in [-0.2, -0.15) is 0 Å². The number of nitrogens with one attached hydrogen (secondary N) is 1. The van der Waals surface area contributed by atoms with E-state index in [1.54, 1.807) is 6.20 Å². The predicted molar refractivity (Wildman–Crippen MR) is 56.4 cm³/mol. The van der Waals surface area contributed by atoms with Crippen molar-refractivity contribution in [2.75, 3.05) is 5.32 Å². The van der Waals surface area contributed by atoms with E-state index in [-0.39, 0.29) is 11.8 Å². The highest BCUT2D eigenvalue weighted by Crippen LogP contribution is 2.53. The van der Waals surface area contributed by atoms with Gasteiger partial charge in [0.1, 0.15) is 5.82 Å². The minimum absolute atomic E-state index is 0.145. The number of amides is 1. The van der Waals surface area contributed by atoms with Crippen LogP contribution in [0, 0.1) is 9.49 Å². The monoisotopic (exact) mass is 286 g/mol. The highest BCUT2D eigenvalue weighted by atomic mass is 127. The molecule has 0 saturated heterocycles. The zero-order chi connectivity index (χ0) is 9.00. The first-order valence-corrected chi connectivity index (χ1v) is 5.30. The van der Waals surface area contributed by atoms with Crippen LogP contribution in [0.1, 0.15) is 17.9 Å². The summed E-state index contributed by atoms with van der Waals surface area (Å²) in [5, 5.41) is 2.84. The topological polar surface area (TPSA) is 42.0 Å². The maximum absolute atomic E-state index is 11.4. The van der Waals surface area contributed by atoms with Gasteiger partial charge in [-0.3, -0.25) is 4.79 Å². The highest BCUT2D eigenvalue weighted by Gasteiger charge is 2.49. The fraction of sp³-hybridized carbons (Fsp3) is 0.333. The van der Waals surface area contributed by atoms with E-state index in [9.17, 15) is 4.79 Å². The fourth-order valence-electron chi connectivity index (χ4n) is 1.92. The molecule has 1 fully saturated rings. The minimum atomic E-state index is 0.145. The molecule has 1 amide bonds. The van der Waals surface area contributed by atoms with Gasteiger partial charge >= 0.3 is 0 Å². The van der Waals surface area contributed by atoms with Crippen LogP contribution >= 0.6 is 22.6 Å². The van der Waals surface area contributed by atoms with E-state index in [4.69, 9.17) is 0 Å². The van der Waals surface area contributed by atoms with Gasteiger partial charge in [0, 0.05) is 27.2 Å². The van der Waals surface area contributed by atoms with Crippen molar-refractivity contribution in [2.45, 2.75) is 12.3 Å². The lowest BCUT2D eigenvalue weighted by molar-refractivity contribution is -0.117. The van der Waals surface area contributed by atoms with Gasteiger partial charge in [-0.25, -0.2) is 4.98 Å².